The number of carbonyl (C=O) groups is 1. The van der Waals surface area contributed by atoms with Gasteiger partial charge < -0.3 is 14.8 Å². The summed E-state index contributed by atoms with van der Waals surface area (Å²) in [6.07, 6.45) is 0. The molecular weight excluding hydrogens is 368 g/mol. The molecule has 0 saturated carbocycles. The first-order valence-corrected chi connectivity index (χ1v) is 10.1. The van der Waals surface area contributed by atoms with Crippen LogP contribution in [0.5, 0.6) is 11.5 Å². The maximum atomic E-state index is 12.5. The lowest BCUT2D eigenvalue weighted by molar-refractivity contribution is -0.124. The van der Waals surface area contributed by atoms with Crippen molar-refractivity contribution in [2.75, 3.05) is 23.8 Å². The number of anilines is 2. The number of amides is 1. The Labute approximate surface area is 158 Å². The fourth-order valence-corrected chi connectivity index (χ4v) is 3.77. The summed E-state index contributed by atoms with van der Waals surface area (Å²) in [4.78, 5) is 12.1. The smallest absolute Gasteiger partial charge is 0.236 e. The number of rotatable bonds is 5. The number of nitrogens with one attached hydrogen (secondary N) is 2. The lowest BCUT2D eigenvalue weighted by atomic mass is 9.94. The third kappa shape index (κ3) is 4.51. The Bertz CT molecular complexity index is 953. The molecule has 0 bridgehead atoms. The second-order valence-corrected chi connectivity index (χ2v) is 8.77. The van der Waals surface area contributed by atoms with E-state index >= 15 is 0 Å². The Morgan fingerprint density at radius 2 is 1.89 bits per heavy atom. The van der Waals surface area contributed by atoms with E-state index in [1.165, 1.54) is 0 Å². The Morgan fingerprint density at radius 3 is 2.56 bits per heavy atom. The van der Waals surface area contributed by atoms with Gasteiger partial charge in [0.25, 0.3) is 0 Å². The third-order valence-electron chi connectivity index (χ3n) is 4.22. The van der Waals surface area contributed by atoms with Gasteiger partial charge in [-0.3, -0.25) is 9.52 Å². The lowest BCUT2D eigenvalue weighted by Crippen LogP contribution is -2.33. The molecular formula is C19H22N2O5S. The normalized spacial score (nSPS) is 15.7. The molecule has 0 spiro atoms. The first-order valence-electron chi connectivity index (χ1n) is 8.40. The molecule has 8 heteroatoms. The zero-order valence-electron chi connectivity index (χ0n) is 15.4. The topological polar surface area (TPSA) is 93.7 Å². The summed E-state index contributed by atoms with van der Waals surface area (Å²) in [5.41, 5.74) is 0.857. The summed E-state index contributed by atoms with van der Waals surface area (Å²) < 4.78 is 38.2. The Kier molecular flexibility index (Phi) is 5.01. The van der Waals surface area contributed by atoms with Crippen molar-refractivity contribution in [2.24, 2.45) is 5.41 Å². The molecule has 0 aromatic heterocycles. The van der Waals surface area contributed by atoms with Gasteiger partial charge in [0.15, 0.2) is 0 Å². The van der Waals surface area contributed by atoms with E-state index in [2.05, 4.69) is 10.0 Å². The highest BCUT2D eigenvalue weighted by Gasteiger charge is 2.32. The van der Waals surface area contributed by atoms with E-state index < -0.39 is 15.4 Å². The number of carbonyl (C=O) groups excluding carboxylic acids is 1. The predicted octanol–water partition coefficient (Wildman–Crippen LogP) is 2.99. The number of fused-ring (bicyclic) bond motifs is 1. The quantitative estimate of drug-likeness (QED) is 0.819. The van der Waals surface area contributed by atoms with E-state index in [-0.39, 0.29) is 18.3 Å². The Morgan fingerprint density at radius 1 is 1.19 bits per heavy atom. The van der Waals surface area contributed by atoms with Crippen LogP contribution in [0, 0.1) is 5.41 Å². The second-order valence-electron chi connectivity index (χ2n) is 7.05. The van der Waals surface area contributed by atoms with Gasteiger partial charge in [-0.25, -0.2) is 8.42 Å². The Balaban J connectivity index is 1.75. The highest BCUT2D eigenvalue weighted by Crippen LogP contribution is 2.34. The van der Waals surface area contributed by atoms with Crippen LogP contribution in [0.1, 0.15) is 19.4 Å². The number of hydrogen-bond acceptors (Lipinski definition) is 5. The van der Waals surface area contributed by atoms with Crippen LogP contribution in [0.25, 0.3) is 0 Å². The zero-order valence-corrected chi connectivity index (χ0v) is 16.2. The summed E-state index contributed by atoms with van der Waals surface area (Å²) in [6.45, 7) is 3.77. The molecule has 2 N–H and O–H groups in total. The van der Waals surface area contributed by atoms with Crippen molar-refractivity contribution in [3.63, 3.8) is 0 Å². The lowest BCUT2D eigenvalue weighted by Gasteiger charge is -2.18. The average molecular weight is 390 g/mol. The Hall–Kier alpha value is -2.74. The molecule has 0 aliphatic carbocycles. The van der Waals surface area contributed by atoms with Gasteiger partial charge >= 0.3 is 0 Å². The van der Waals surface area contributed by atoms with Crippen LogP contribution in [0.3, 0.4) is 0 Å². The fourth-order valence-electron chi connectivity index (χ4n) is 2.58. The summed E-state index contributed by atoms with van der Waals surface area (Å²) in [6, 6.07) is 11.6. The van der Waals surface area contributed by atoms with E-state index in [4.69, 9.17) is 9.47 Å². The molecule has 0 unspecified atom stereocenters. The van der Waals surface area contributed by atoms with Gasteiger partial charge in [-0.2, -0.15) is 0 Å². The molecule has 1 amide bonds. The standard InChI is InChI=1S/C19H22N2O5S/c1-19(2)12-26-17-10-14(6-9-16(17)20-18(19)22)21-27(23,24)11-13-4-7-15(25-3)8-5-13/h4-10,21H,11-12H2,1-3H3,(H,20,22). The summed E-state index contributed by atoms with van der Waals surface area (Å²) in [5.74, 6) is 0.781. The molecule has 1 aliphatic heterocycles. The molecule has 2 aromatic rings. The minimum absolute atomic E-state index is 0.144. The van der Waals surface area contributed by atoms with Crippen molar-refractivity contribution in [1.82, 2.24) is 0 Å². The molecule has 1 aliphatic rings. The van der Waals surface area contributed by atoms with Gasteiger partial charge in [0.05, 0.1) is 29.7 Å². The minimum atomic E-state index is -3.61. The van der Waals surface area contributed by atoms with E-state index in [0.29, 0.717) is 28.4 Å². The van der Waals surface area contributed by atoms with Gasteiger partial charge in [-0.1, -0.05) is 12.1 Å². The fraction of sp³-hybridized carbons (Fsp3) is 0.316. The molecule has 7 nitrogen and oxygen atoms in total. The molecule has 0 atom stereocenters. The van der Waals surface area contributed by atoms with Crippen molar-refractivity contribution < 1.29 is 22.7 Å². The maximum absolute atomic E-state index is 12.5. The monoisotopic (exact) mass is 390 g/mol. The molecule has 27 heavy (non-hydrogen) atoms. The van der Waals surface area contributed by atoms with Crippen molar-refractivity contribution in [1.29, 1.82) is 0 Å². The summed E-state index contributed by atoms with van der Waals surface area (Å²) >= 11 is 0. The van der Waals surface area contributed by atoms with Crippen molar-refractivity contribution >= 4 is 27.3 Å². The largest absolute Gasteiger partial charge is 0.497 e. The number of hydrogen-bond donors (Lipinski definition) is 2. The first kappa shape index (κ1) is 19.0. The highest BCUT2D eigenvalue weighted by atomic mass is 32.2. The van der Waals surface area contributed by atoms with E-state index in [9.17, 15) is 13.2 Å². The molecule has 1 heterocycles. The molecule has 0 radical (unpaired) electrons. The number of benzene rings is 2. The maximum Gasteiger partial charge on any atom is 0.236 e. The minimum Gasteiger partial charge on any atom is -0.497 e. The molecule has 0 fully saturated rings. The van der Waals surface area contributed by atoms with Crippen molar-refractivity contribution in [3.05, 3.63) is 48.0 Å². The third-order valence-corrected chi connectivity index (χ3v) is 5.48. The summed E-state index contributed by atoms with van der Waals surface area (Å²) in [7, 11) is -2.06. The van der Waals surface area contributed by atoms with Crippen LogP contribution in [-0.4, -0.2) is 28.0 Å². The molecule has 3 rings (SSSR count). The van der Waals surface area contributed by atoms with Crippen LogP contribution in [0.15, 0.2) is 42.5 Å². The number of sulfonamides is 1. The molecule has 2 aromatic carbocycles. The van der Waals surface area contributed by atoms with E-state index in [0.717, 1.165) is 0 Å². The second kappa shape index (κ2) is 7.11. The van der Waals surface area contributed by atoms with Crippen LogP contribution in [0.2, 0.25) is 0 Å². The highest BCUT2D eigenvalue weighted by molar-refractivity contribution is 7.91. The van der Waals surface area contributed by atoms with Crippen LogP contribution in [0.4, 0.5) is 11.4 Å². The van der Waals surface area contributed by atoms with Crippen LogP contribution >= 0.6 is 0 Å². The van der Waals surface area contributed by atoms with Gasteiger partial charge in [0, 0.05) is 6.07 Å². The van der Waals surface area contributed by atoms with Gasteiger partial charge in [0.1, 0.15) is 18.1 Å². The van der Waals surface area contributed by atoms with Crippen LogP contribution < -0.4 is 19.5 Å². The first-order chi connectivity index (χ1) is 12.7. The SMILES string of the molecule is COc1ccc(CS(=O)(=O)Nc2ccc3c(c2)OCC(C)(C)C(=O)N3)cc1. The van der Waals surface area contributed by atoms with Gasteiger partial charge in [-0.15, -0.1) is 0 Å². The van der Waals surface area contributed by atoms with E-state index in [1.807, 2.05) is 0 Å². The molecule has 144 valence electrons. The van der Waals surface area contributed by atoms with Gasteiger partial charge in [-0.05, 0) is 43.7 Å². The van der Waals surface area contributed by atoms with Crippen molar-refractivity contribution in [2.45, 2.75) is 19.6 Å². The van der Waals surface area contributed by atoms with Crippen molar-refractivity contribution in [3.8, 4) is 11.5 Å². The van der Waals surface area contributed by atoms with Gasteiger partial charge in [0.2, 0.25) is 15.9 Å². The molecule has 0 saturated heterocycles. The summed E-state index contributed by atoms with van der Waals surface area (Å²) in [5, 5.41) is 2.80. The van der Waals surface area contributed by atoms with E-state index in [1.54, 1.807) is 63.4 Å². The average Bonchev–Trinajstić information content (AvgIpc) is 2.72. The predicted molar refractivity (Wildman–Crippen MR) is 104 cm³/mol. The number of ether oxygens (including phenoxy) is 2. The number of methoxy groups -OCH3 is 1. The van der Waals surface area contributed by atoms with Crippen LogP contribution in [-0.2, 0) is 20.6 Å². The zero-order chi connectivity index (χ0) is 19.7.